The fourth-order valence-corrected chi connectivity index (χ4v) is 3.86. The predicted octanol–water partition coefficient (Wildman–Crippen LogP) is 4.69. The maximum absolute atomic E-state index is 12.8. The Kier molecular flexibility index (Phi) is 6.70. The van der Waals surface area contributed by atoms with E-state index in [4.69, 9.17) is 37.4 Å². The highest BCUT2D eigenvalue weighted by atomic mass is 35.5. The Morgan fingerprint density at radius 3 is 2.29 bits per heavy atom. The van der Waals surface area contributed by atoms with E-state index >= 15 is 0 Å². The second kappa shape index (κ2) is 9.03. The number of methoxy groups -OCH3 is 3. The fourth-order valence-electron chi connectivity index (χ4n) is 3.55. The van der Waals surface area contributed by atoms with E-state index in [2.05, 4.69) is 4.90 Å². The van der Waals surface area contributed by atoms with Crippen LogP contribution >= 0.6 is 23.2 Å². The summed E-state index contributed by atoms with van der Waals surface area (Å²) in [6, 6.07) is 9.12. The minimum absolute atomic E-state index is 0.00837. The molecular formula is C21H23Cl2NO4. The average molecular weight is 424 g/mol. The van der Waals surface area contributed by atoms with Gasteiger partial charge in [-0.05, 0) is 48.7 Å². The van der Waals surface area contributed by atoms with Crippen molar-refractivity contribution in [3.05, 3.63) is 51.5 Å². The Morgan fingerprint density at radius 1 is 1.04 bits per heavy atom. The highest BCUT2D eigenvalue weighted by molar-refractivity contribution is 6.42. The van der Waals surface area contributed by atoms with Crippen LogP contribution in [0.2, 0.25) is 10.0 Å². The molecular weight excluding hydrogens is 401 g/mol. The molecule has 0 aromatic heterocycles. The number of benzene rings is 2. The van der Waals surface area contributed by atoms with Gasteiger partial charge in [0.1, 0.15) is 0 Å². The minimum Gasteiger partial charge on any atom is -0.493 e. The van der Waals surface area contributed by atoms with Crippen molar-refractivity contribution >= 4 is 29.0 Å². The summed E-state index contributed by atoms with van der Waals surface area (Å²) < 4.78 is 16.0. The molecule has 0 saturated carbocycles. The number of carbonyl (C=O) groups is 1. The van der Waals surface area contributed by atoms with E-state index in [1.54, 1.807) is 12.1 Å². The SMILES string of the molecule is COc1cc(C(=O)CN2CCC(c3ccc(Cl)c(Cl)c3)C2)cc(OC)c1OC. The van der Waals surface area contributed by atoms with Crippen molar-refractivity contribution in [2.75, 3.05) is 41.0 Å². The lowest BCUT2D eigenvalue weighted by atomic mass is 9.99. The summed E-state index contributed by atoms with van der Waals surface area (Å²) in [5, 5.41) is 1.11. The van der Waals surface area contributed by atoms with E-state index in [1.165, 1.54) is 21.3 Å². The fraction of sp³-hybridized carbons (Fsp3) is 0.381. The van der Waals surface area contributed by atoms with Crippen LogP contribution in [-0.4, -0.2) is 51.6 Å². The number of ether oxygens (including phenoxy) is 3. The van der Waals surface area contributed by atoms with Crippen LogP contribution in [0.3, 0.4) is 0 Å². The summed E-state index contributed by atoms with van der Waals surface area (Å²) in [5.41, 5.74) is 1.68. The number of Topliss-reactive ketones (excluding diaryl/α,β-unsaturated/α-hetero) is 1. The third kappa shape index (κ3) is 4.37. The molecule has 7 heteroatoms. The third-order valence-corrected chi connectivity index (χ3v) is 5.78. The second-order valence-electron chi connectivity index (χ2n) is 6.73. The summed E-state index contributed by atoms with van der Waals surface area (Å²) in [6.45, 7) is 1.98. The first-order chi connectivity index (χ1) is 13.5. The van der Waals surface area contributed by atoms with Crippen LogP contribution in [0.5, 0.6) is 17.2 Å². The van der Waals surface area contributed by atoms with Crippen molar-refractivity contribution < 1.29 is 19.0 Å². The molecule has 0 spiro atoms. The normalized spacial score (nSPS) is 16.8. The molecule has 1 fully saturated rings. The van der Waals surface area contributed by atoms with Crippen LogP contribution in [0.25, 0.3) is 0 Å². The van der Waals surface area contributed by atoms with E-state index in [1.807, 2.05) is 18.2 Å². The molecule has 2 aromatic carbocycles. The van der Waals surface area contributed by atoms with Gasteiger partial charge in [-0.3, -0.25) is 9.69 Å². The Balaban J connectivity index is 1.71. The highest BCUT2D eigenvalue weighted by Crippen LogP contribution is 2.38. The molecule has 1 aliphatic rings. The van der Waals surface area contributed by atoms with E-state index in [9.17, 15) is 4.79 Å². The summed E-state index contributed by atoms with van der Waals surface area (Å²) in [4.78, 5) is 15.0. The quantitative estimate of drug-likeness (QED) is 0.604. The molecule has 1 saturated heterocycles. The first-order valence-electron chi connectivity index (χ1n) is 8.97. The third-order valence-electron chi connectivity index (χ3n) is 5.04. The Labute approximate surface area is 175 Å². The van der Waals surface area contributed by atoms with Gasteiger partial charge in [0.25, 0.3) is 0 Å². The standard InChI is InChI=1S/C21H23Cl2NO4/c1-26-19-9-15(10-20(27-2)21(19)28-3)18(25)12-24-7-6-14(11-24)13-4-5-16(22)17(23)8-13/h4-5,8-10,14H,6-7,11-12H2,1-3H3. The van der Waals surface area contributed by atoms with Crippen molar-refractivity contribution in [1.82, 2.24) is 4.90 Å². The Bertz CT molecular complexity index is 846. The summed E-state index contributed by atoms with van der Waals surface area (Å²) in [5.74, 6) is 1.76. The molecule has 1 aliphatic heterocycles. The van der Waals surface area contributed by atoms with Crippen LogP contribution in [-0.2, 0) is 0 Å². The van der Waals surface area contributed by atoms with E-state index in [-0.39, 0.29) is 5.78 Å². The first-order valence-corrected chi connectivity index (χ1v) is 9.73. The molecule has 0 aliphatic carbocycles. The smallest absolute Gasteiger partial charge is 0.203 e. The van der Waals surface area contributed by atoms with Gasteiger partial charge in [-0.25, -0.2) is 0 Å². The lowest BCUT2D eigenvalue weighted by Crippen LogP contribution is -2.27. The molecule has 5 nitrogen and oxygen atoms in total. The van der Waals surface area contributed by atoms with Gasteiger partial charge in [-0.15, -0.1) is 0 Å². The van der Waals surface area contributed by atoms with Crippen LogP contribution in [0.15, 0.2) is 30.3 Å². The zero-order chi connectivity index (χ0) is 20.3. The number of carbonyl (C=O) groups excluding carboxylic acids is 1. The maximum Gasteiger partial charge on any atom is 0.203 e. The molecule has 3 rings (SSSR count). The molecule has 0 N–H and O–H groups in total. The Morgan fingerprint density at radius 2 is 1.71 bits per heavy atom. The van der Waals surface area contributed by atoms with Gasteiger partial charge in [-0.1, -0.05) is 29.3 Å². The van der Waals surface area contributed by atoms with Crippen molar-refractivity contribution in [1.29, 1.82) is 0 Å². The number of likely N-dealkylation sites (tertiary alicyclic amines) is 1. The highest BCUT2D eigenvalue weighted by Gasteiger charge is 2.27. The number of halogens is 2. The second-order valence-corrected chi connectivity index (χ2v) is 7.55. The van der Waals surface area contributed by atoms with Gasteiger partial charge in [-0.2, -0.15) is 0 Å². The zero-order valence-electron chi connectivity index (χ0n) is 16.1. The number of hydrogen-bond donors (Lipinski definition) is 0. The van der Waals surface area contributed by atoms with Gasteiger partial charge in [0.15, 0.2) is 17.3 Å². The number of rotatable bonds is 7. The predicted molar refractivity (Wildman–Crippen MR) is 111 cm³/mol. The molecule has 28 heavy (non-hydrogen) atoms. The summed E-state index contributed by atoms with van der Waals surface area (Å²) >= 11 is 12.1. The molecule has 0 amide bonds. The van der Waals surface area contributed by atoms with E-state index in [0.29, 0.717) is 45.3 Å². The molecule has 1 heterocycles. The molecule has 0 bridgehead atoms. The maximum atomic E-state index is 12.8. The molecule has 1 atom stereocenters. The summed E-state index contributed by atoms with van der Waals surface area (Å²) in [6.07, 6.45) is 0.973. The number of ketones is 1. The van der Waals surface area contributed by atoms with Crippen molar-refractivity contribution in [3.63, 3.8) is 0 Å². The van der Waals surface area contributed by atoms with Gasteiger partial charge >= 0.3 is 0 Å². The average Bonchev–Trinajstić information content (AvgIpc) is 3.17. The molecule has 2 aromatic rings. The monoisotopic (exact) mass is 423 g/mol. The topological polar surface area (TPSA) is 48.0 Å². The van der Waals surface area contributed by atoms with Gasteiger partial charge in [0.2, 0.25) is 5.75 Å². The van der Waals surface area contributed by atoms with Gasteiger partial charge in [0, 0.05) is 12.1 Å². The van der Waals surface area contributed by atoms with Crippen LogP contribution in [0, 0.1) is 0 Å². The zero-order valence-corrected chi connectivity index (χ0v) is 17.6. The van der Waals surface area contributed by atoms with Crippen molar-refractivity contribution in [2.45, 2.75) is 12.3 Å². The van der Waals surface area contributed by atoms with Crippen molar-refractivity contribution in [2.24, 2.45) is 0 Å². The summed E-state index contributed by atoms with van der Waals surface area (Å²) in [7, 11) is 4.61. The number of nitrogens with zero attached hydrogens (tertiary/aromatic N) is 1. The van der Waals surface area contributed by atoms with Gasteiger partial charge in [0.05, 0.1) is 37.9 Å². The van der Waals surface area contributed by atoms with Crippen LogP contribution < -0.4 is 14.2 Å². The first kappa shape index (κ1) is 20.8. The van der Waals surface area contributed by atoms with E-state index < -0.39 is 0 Å². The van der Waals surface area contributed by atoms with Crippen LogP contribution in [0.4, 0.5) is 0 Å². The van der Waals surface area contributed by atoms with E-state index in [0.717, 1.165) is 25.1 Å². The number of hydrogen-bond acceptors (Lipinski definition) is 5. The lowest BCUT2D eigenvalue weighted by molar-refractivity contribution is 0.0944. The molecule has 1 unspecified atom stereocenters. The Hall–Kier alpha value is -1.95. The molecule has 150 valence electrons. The molecule has 0 radical (unpaired) electrons. The minimum atomic E-state index is 0.00837. The van der Waals surface area contributed by atoms with Gasteiger partial charge < -0.3 is 14.2 Å². The van der Waals surface area contributed by atoms with Crippen LogP contribution in [0.1, 0.15) is 28.3 Å². The van der Waals surface area contributed by atoms with Crippen molar-refractivity contribution in [3.8, 4) is 17.2 Å². The largest absolute Gasteiger partial charge is 0.493 e. The lowest BCUT2D eigenvalue weighted by Gasteiger charge is -2.17.